The fourth-order valence-corrected chi connectivity index (χ4v) is 5.04. The Bertz CT molecular complexity index is 1490. The zero-order valence-electron chi connectivity index (χ0n) is 19.5. The van der Waals surface area contributed by atoms with Gasteiger partial charge in [-0.25, -0.2) is 9.59 Å². The standard InChI is InChI=1S/C28H21F3O5S/c1-3-24(32)34-15-5-6-17-7-9-18(10-8-17)20-13-14-22-21-12-11-19(35-25(33)4-2)16-23(21)37-27(22)26(20)36-28(29,30)31/h3-4,7-14,16H,1-2,5-6,15H2. The maximum atomic E-state index is 13.5. The van der Waals surface area contributed by atoms with Crippen LogP contribution >= 0.6 is 11.3 Å². The zero-order valence-corrected chi connectivity index (χ0v) is 20.3. The van der Waals surface area contributed by atoms with Gasteiger partial charge in [0.1, 0.15) is 5.75 Å². The van der Waals surface area contributed by atoms with E-state index in [2.05, 4.69) is 17.9 Å². The predicted octanol–water partition coefficient (Wildman–Crippen LogP) is 7.37. The van der Waals surface area contributed by atoms with Gasteiger partial charge in [-0.1, -0.05) is 43.5 Å². The molecule has 0 saturated carbocycles. The molecule has 0 amide bonds. The Morgan fingerprint density at radius 3 is 2.30 bits per heavy atom. The molecule has 0 bridgehead atoms. The third-order valence-corrected chi connectivity index (χ3v) is 6.62. The van der Waals surface area contributed by atoms with Crippen molar-refractivity contribution in [3.05, 3.63) is 85.5 Å². The van der Waals surface area contributed by atoms with Crippen LogP contribution in [0, 0.1) is 0 Å². The molecule has 1 heterocycles. The molecule has 0 N–H and O–H groups in total. The predicted molar refractivity (Wildman–Crippen MR) is 137 cm³/mol. The molecular formula is C28H21F3O5S. The van der Waals surface area contributed by atoms with Crippen molar-refractivity contribution in [1.29, 1.82) is 0 Å². The fraction of sp³-hybridized carbons (Fsp3) is 0.143. The second-order valence-corrected chi connectivity index (χ2v) is 8.98. The lowest BCUT2D eigenvalue weighted by molar-refractivity contribution is -0.273. The number of aryl methyl sites for hydroxylation is 1. The number of halogens is 3. The van der Waals surface area contributed by atoms with E-state index < -0.39 is 18.3 Å². The van der Waals surface area contributed by atoms with Gasteiger partial charge in [0.25, 0.3) is 0 Å². The van der Waals surface area contributed by atoms with Gasteiger partial charge < -0.3 is 14.2 Å². The van der Waals surface area contributed by atoms with Crippen LogP contribution in [-0.2, 0) is 20.7 Å². The second-order valence-electron chi connectivity index (χ2n) is 7.92. The topological polar surface area (TPSA) is 61.8 Å². The van der Waals surface area contributed by atoms with E-state index in [-0.39, 0.29) is 18.1 Å². The van der Waals surface area contributed by atoms with Crippen LogP contribution in [0.1, 0.15) is 12.0 Å². The quantitative estimate of drug-likeness (QED) is 0.0986. The maximum Gasteiger partial charge on any atom is 0.573 e. The molecule has 3 aromatic carbocycles. The Morgan fingerprint density at radius 2 is 1.62 bits per heavy atom. The molecule has 4 rings (SSSR count). The maximum absolute atomic E-state index is 13.5. The molecular weight excluding hydrogens is 505 g/mol. The largest absolute Gasteiger partial charge is 0.573 e. The molecule has 0 aliphatic rings. The van der Waals surface area contributed by atoms with E-state index in [9.17, 15) is 22.8 Å². The molecule has 0 saturated heterocycles. The van der Waals surface area contributed by atoms with E-state index in [0.717, 1.165) is 29.1 Å². The van der Waals surface area contributed by atoms with Crippen LogP contribution in [0.25, 0.3) is 31.3 Å². The highest BCUT2D eigenvalue weighted by Gasteiger charge is 2.34. The lowest BCUT2D eigenvalue weighted by Crippen LogP contribution is -2.17. The van der Waals surface area contributed by atoms with Crippen LogP contribution in [0.2, 0.25) is 0 Å². The molecule has 0 radical (unpaired) electrons. The number of alkyl halides is 3. The molecule has 5 nitrogen and oxygen atoms in total. The van der Waals surface area contributed by atoms with Gasteiger partial charge in [-0.2, -0.15) is 0 Å². The summed E-state index contributed by atoms with van der Waals surface area (Å²) in [6, 6.07) is 15.3. The molecule has 0 fully saturated rings. The van der Waals surface area contributed by atoms with Gasteiger partial charge in [-0.3, -0.25) is 0 Å². The lowest BCUT2D eigenvalue weighted by Gasteiger charge is -2.15. The summed E-state index contributed by atoms with van der Waals surface area (Å²) >= 11 is 1.12. The number of hydrogen-bond acceptors (Lipinski definition) is 6. The molecule has 9 heteroatoms. The normalized spacial score (nSPS) is 11.3. The molecule has 1 aromatic heterocycles. The molecule has 37 heavy (non-hydrogen) atoms. The number of ether oxygens (including phenoxy) is 3. The van der Waals surface area contributed by atoms with Crippen LogP contribution in [0.4, 0.5) is 13.2 Å². The van der Waals surface area contributed by atoms with Crippen molar-refractivity contribution in [3.63, 3.8) is 0 Å². The van der Waals surface area contributed by atoms with Crippen LogP contribution in [-0.4, -0.2) is 24.9 Å². The summed E-state index contributed by atoms with van der Waals surface area (Å²) in [4.78, 5) is 22.7. The summed E-state index contributed by atoms with van der Waals surface area (Å²) in [5.41, 5.74) is 1.79. The Hall–Kier alpha value is -4.11. The minimum atomic E-state index is -4.90. The van der Waals surface area contributed by atoms with Crippen molar-refractivity contribution >= 4 is 43.4 Å². The fourth-order valence-electron chi connectivity index (χ4n) is 3.82. The smallest absolute Gasteiger partial charge is 0.463 e. The summed E-state index contributed by atoms with van der Waals surface area (Å²) in [6.07, 6.45) is -1.55. The first-order valence-electron chi connectivity index (χ1n) is 11.2. The molecule has 4 aromatic rings. The van der Waals surface area contributed by atoms with Crippen molar-refractivity contribution in [2.75, 3.05) is 6.61 Å². The van der Waals surface area contributed by atoms with Gasteiger partial charge in [0.15, 0.2) is 5.75 Å². The highest BCUT2D eigenvalue weighted by atomic mass is 32.1. The molecule has 0 atom stereocenters. The number of thiophene rings is 1. The van der Waals surface area contributed by atoms with Gasteiger partial charge in [0.05, 0.1) is 11.3 Å². The van der Waals surface area contributed by atoms with E-state index in [4.69, 9.17) is 9.47 Å². The van der Waals surface area contributed by atoms with Crippen LogP contribution in [0.15, 0.2) is 79.9 Å². The first kappa shape index (κ1) is 26.0. The number of rotatable bonds is 9. The average molecular weight is 527 g/mol. The van der Waals surface area contributed by atoms with Gasteiger partial charge in [0, 0.05) is 33.2 Å². The zero-order chi connectivity index (χ0) is 26.6. The second kappa shape index (κ2) is 10.9. The summed E-state index contributed by atoms with van der Waals surface area (Å²) < 4.78 is 56.0. The van der Waals surface area contributed by atoms with E-state index in [1.165, 1.54) is 0 Å². The molecule has 0 spiro atoms. The highest BCUT2D eigenvalue weighted by Crippen LogP contribution is 2.46. The number of fused-ring (bicyclic) bond motifs is 3. The molecule has 0 aliphatic heterocycles. The van der Waals surface area contributed by atoms with Gasteiger partial charge in [0.2, 0.25) is 0 Å². The average Bonchev–Trinajstić information content (AvgIpc) is 3.24. The Balaban J connectivity index is 1.69. The third kappa shape index (κ3) is 6.18. The van der Waals surface area contributed by atoms with Gasteiger partial charge in [-0.05, 0) is 48.2 Å². The number of hydrogen-bond donors (Lipinski definition) is 0. The molecule has 190 valence electrons. The monoisotopic (exact) mass is 526 g/mol. The molecule has 0 unspecified atom stereocenters. The van der Waals surface area contributed by atoms with Gasteiger partial charge >= 0.3 is 18.3 Å². The summed E-state index contributed by atoms with van der Waals surface area (Å²) in [7, 11) is 0. The first-order valence-corrected chi connectivity index (χ1v) is 12.0. The summed E-state index contributed by atoms with van der Waals surface area (Å²) in [5, 5.41) is 1.31. The minimum Gasteiger partial charge on any atom is -0.463 e. The van der Waals surface area contributed by atoms with Crippen LogP contribution in [0.5, 0.6) is 11.5 Å². The Kier molecular flexibility index (Phi) is 7.63. The van der Waals surface area contributed by atoms with E-state index in [1.54, 1.807) is 42.5 Å². The molecule has 0 aliphatic carbocycles. The van der Waals surface area contributed by atoms with E-state index >= 15 is 0 Å². The Labute approximate surface area is 214 Å². The number of carbonyl (C=O) groups excluding carboxylic acids is 2. The van der Waals surface area contributed by atoms with Crippen LogP contribution in [0.3, 0.4) is 0 Å². The number of carbonyl (C=O) groups is 2. The summed E-state index contributed by atoms with van der Waals surface area (Å²) in [6.45, 7) is 6.94. The number of benzene rings is 3. The van der Waals surface area contributed by atoms with Crippen molar-refractivity contribution < 1.29 is 37.0 Å². The first-order chi connectivity index (χ1) is 17.7. The third-order valence-electron chi connectivity index (χ3n) is 5.46. The SMILES string of the molecule is C=CC(=O)OCCCc1ccc(-c2ccc3c(sc4cc(OC(=O)C=C)ccc43)c2OC(F)(F)F)cc1. The highest BCUT2D eigenvalue weighted by molar-refractivity contribution is 7.26. The van der Waals surface area contributed by atoms with Crippen molar-refractivity contribution in [1.82, 2.24) is 0 Å². The van der Waals surface area contributed by atoms with E-state index in [0.29, 0.717) is 44.1 Å². The van der Waals surface area contributed by atoms with Crippen LogP contribution < -0.4 is 9.47 Å². The van der Waals surface area contributed by atoms with Crippen molar-refractivity contribution in [2.24, 2.45) is 0 Å². The van der Waals surface area contributed by atoms with Gasteiger partial charge in [-0.15, -0.1) is 24.5 Å². The minimum absolute atomic E-state index is 0.243. The Morgan fingerprint density at radius 1 is 0.919 bits per heavy atom. The number of esters is 2. The summed E-state index contributed by atoms with van der Waals surface area (Å²) in [5.74, 6) is -1.15. The van der Waals surface area contributed by atoms with E-state index in [1.807, 2.05) is 12.1 Å². The lowest BCUT2D eigenvalue weighted by atomic mass is 10.00. The van der Waals surface area contributed by atoms with Crippen molar-refractivity contribution in [2.45, 2.75) is 19.2 Å². The van der Waals surface area contributed by atoms with Crippen molar-refractivity contribution in [3.8, 4) is 22.6 Å².